The van der Waals surface area contributed by atoms with E-state index in [1.165, 1.54) is 6.20 Å². The maximum atomic E-state index is 10.9. The molecule has 94 valence electrons. The summed E-state index contributed by atoms with van der Waals surface area (Å²) in [7, 11) is 0. The molecule has 1 aromatic heterocycles. The molecule has 0 spiro atoms. The fourth-order valence-electron chi connectivity index (χ4n) is 1.76. The van der Waals surface area contributed by atoms with Gasteiger partial charge in [-0.3, -0.25) is 4.68 Å². The molecule has 18 heavy (non-hydrogen) atoms. The van der Waals surface area contributed by atoms with Crippen LogP contribution in [0.1, 0.15) is 27.2 Å². The smallest absolute Gasteiger partial charge is 0.339 e. The number of aromatic nitrogens is 2. The van der Waals surface area contributed by atoms with Gasteiger partial charge in [-0.1, -0.05) is 23.7 Å². The fourth-order valence-corrected chi connectivity index (χ4v) is 2.05. The van der Waals surface area contributed by atoms with Crippen LogP contribution in [0.5, 0.6) is 0 Å². The third-order valence-electron chi connectivity index (χ3n) is 2.86. The zero-order chi connectivity index (χ0) is 13.3. The van der Waals surface area contributed by atoms with Gasteiger partial charge in [0.1, 0.15) is 5.56 Å². The lowest BCUT2D eigenvalue weighted by Gasteiger charge is -2.07. The van der Waals surface area contributed by atoms with Crippen LogP contribution in [0.2, 0.25) is 5.02 Å². The lowest BCUT2D eigenvalue weighted by atomic mass is 10.1. The predicted octanol–water partition coefficient (Wildman–Crippen LogP) is 2.90. The van der Waals surface area contributed by atoms with Gasteiger partial charge >= 0.3 is 5.97 Å². The van der Waals surface area contributed by atoms with Gasteiger partial charge in [-0.25, -0.2) is 4.79 Å². The number of nitrogens with zero attached hydrogens (tertiary/aromatic N) is 2. The van der Waals surface area contributed by atoms with Crippen molar-refractivity contribution in [2.45, 2.75) is 20.4 Å². The summed E-state index contributed by atoms with van der Waals surface area (Å²) >= 11 is 6.14. The number of benzene rings is 1. The average molecular weight is 265 g/mol. The van der Waals surface area contributed by atoms with Gasteiger partial charge in [0.05, 0.1) is 18.4 Å². The highest BCUT2D eigenvalue weighted by Gasteiger charge is 2.13. The highest BCUT2D eigenvalue weighted by Crippen LogP contribution is 2.19. The summed E-state index contributed by atoms with van der Waals surface area (Å²) in [6.07, 6.45) is 1.36. The number of hydrogen-bond donors (Lipinski definition) is 1. The maximum absolute atomic E-state index is 10.9. The Kier molecular flexibility index (Phi) is 3.39. The summed E-state index contributed by atoms with van der Waals surface area (Å²) in [5.41, 5.74) is 2.86. The second kappa shape index (κ2) is 4.82. The summed E-state index contributed by atoms with van der Waals surface area (Å²) in [6.45, 7) is 4.17. The van der Waals surface area contributed by atoms with Crippen molar-refractivity contribution < 1.29 is 9.90 Å². The molecule has 0 bridgehead atoms. The van der Waals surface area contributed by atoms with E-state index >= 15 is 0 Å². The van der Waals surface area contributed by atoms with E-state index in [-0.39, 0.29) is 5.56 Å². The second-order valence-corrected chi connectivity index (χ2v) is 4.61. The molecule has 1 heterocycles. The van der Waals surface area contributed by atoms with Gasteiger partial charge in [-0.05, 0) is 31.0 Å². The second-order valence-electron chi connectivity index (χ2n) is 4.20. The number of carboxylic acids is 1. The molecule has 0 aliphatic rings. The van der Waals surface area contributed by atoms with Crippen molar-refractivity contribution in [1.29, 1.82) is 0 Å². The molecular weight excluding hydrogens is 252 g/mol. The first-order chi connectivity index (χ1) is 8.49. The molecule has 0 unspecified atom stereocenters. The van der Waals surface area contributed by atoms with E-state index in [0.717, 1.165) is 11.1 Å². The average Bonchev–Trinajstić information content (AvgIpc) is 2.64. The van der Waals surface area contributed by atoms with Crippen LogP contribution in [-0.2, 0) is 6.54 Å². The first kappa shape index (κ1) is 12.6. The standard InChI is InChI=1S/C13H13ClN2O2/c1-8-3-4-10(12(14)5-8)7-16-9(2)11(6-15-16)13(17)18/h3-6H,7H2,1-2H3,(H,17,18). The van der Waals surface area contributed by atoms with E-state index in [9.17, 15) is 4.79 Å². The van der Waals surface area contributed by atoms with E-state index in [0.29, 0.717) is 17.3 Å². The van der Waals surface area contributed by atoms with Crippen molar-refractivity contribution in [2.24, 2.45) is 0 Å². The van der Waals surface area contributed by atoms with Crippen molar-refractivity contribution in [2.75, 3.05) is 0 Å². The summed E-state index contributed by atoms with van der Waals surface area (Å²) in [5.74, 6) is -0.964. The normalized spacial score (nSPS) is 10.6. The first-order valence-corrected chi connectivity index (χ1v) is 5.87. The van der Waals surface area contributed by atoms with Crippen LogP contribution in [0.25, 0.3) is 0 Å². The lowest BCUT2D eigenvalue weighted by Crippen LogP contribution is -2.06. The predicted molar refractivity (Wildman–Crippen MR) is 69.2 cm³/mol. The number of aromatic carboxylic acids is 1. The van der Waals surface area contributed by atoms with E-state index in [1.807, 2.05) is 25.1 Å². The summed E-state index contributed by atoms with van der Waals surface area (Å²) in [6, 6.07) is 5.78. The lowest BCUT2D eigenvalue weighted by molar-refractivity contribution is 0.0696. The minimum absolute atomic E-state index is 0.221. The molecule has 0 saturated carbocycles. The highest BCUT2D eigenvalue weighted by molar-refractivity contribution is 6.31. The van der Waals surface area contributed by atoms with E-state index in [2.05, 4.69) is 5.10 Å². The van der Waals surface area contributed by atoms with E-state index < -0.39 is 5.97 Å². The van der Waals surface area contributed by atoms with Gasteiger partial charge in [-0.2, -0.15) is 5.10 Å². The largest absolute Gasteiger partial charge is 0.478 e. The molecule has 5 heteroatoms. The number of hydrogen-bond acceptors (Lipinski definition) is 2. The molecule has 2 rings (SSSR count). The number of carboxylic acid groups (broad SMARTS) is 1. The molecule has 0 saturated heterocycles. The van der Waals surface area contributed by atoms with Crippen LogP contribution in [0.3, 0.4) is 0 Å². The molecule has 2 aromatic rings. The number of carbonyl (C=O) groups is 1. The van der Waals surface area contributed by atoms with Crippen LogP contribution < -0.4 is 0 Å². The molecule has 1 aromatic carbocycles. The quantitative estimate of drug-likeness (QED) is 0.927. The Balaban J connectivity index is 2.32. The zero-order valence-electron chi connectivity index (χ0n) is 10.1. The van der Waals surface area contributed by atoms with Crippen molar-refractivity contribution in [3.05, 3.63) is 51.8 Å². The number of halogens is 1. The van der Waals surface area contributed by atoms with Gasteiger partial charge in [0.15, 0.2) is 0 Å². The first-order valence-electron chi connectivity index (χ1n) is 5.50. The Bertz CT molecular complexity index is 605. The van der Waals surface area contributed by atoms with E-state index in [4.69, 9.17) is 16.7 Å². The molecule has 1 N–H and O–H groups in total. The summed E-state index contributed by atoms with van der Waals surface area (Å²) in [5, 5.41) is 13.7. The molecule has 0 radical (unpaired) electrons. The third kappa shape index (κ3) is 2.38. The molecule has 0 amide bonds. The fraction of sp³-hybridized carbons (Fsp3) is 0.231. The Morgan fingerprint density at radius 2 is 2.17 bits per heavy atom. The molecule has 4 nitrogen and oxygen atoms in total. The molecule has 0 aliphatic heterocycles. The monoisotopic (exact) mass is 264 g/mol. The molecule has 0 atom stereocenters. The van der Waals surface area contributed by atoms with Gasteiger partial charge in [0.25, 0.3) is 0 Å². The van der Waals surface area contributed by atoms with Crippen molar-refractivity contribution >= 4 is 17.6 Å². The summed E-state index contributed by atoms with van der Waals surface area (Å²) < 4.78 is 1.64. The molecular formula is C13H13ClN2O2. The minimum atomic E-state index is -0.964. The Morgan fingerprint density at radius 3 is 2.72 bits per heavy atom. The van der Waals surface area contributed by atoms with Crippen LogP contribution in [0.15, 0.2) is 24.4 Å². The van der Waals surface area contributed by atoms with Crippen LogP contribution in [0, 0.1) is 13.8 Å². The Hall–Kier alpha value is -1.81. The van der Waals surface area contributed by atoms with Gasteiger partial charge < -0.3 is 5.11 Å². The van der Waals surface area contributed by atoms with Gasteiger partial charge in [0, 0.05) is 5.02 Å². The Labute approximate surface area is 110 Å². The number of rotatable bonds is 3. The van der Waals surface area contributed by atoms with Crippen molar-refractivity contribution in [3.63, 3.8) is 0 Å². The minimum Gasteiger partial charge on any atom is -0.478 e. The van der Waals surface area contributed by atoms with Crippen molar-refractivity contribution in [1.82, 2.24) is 9.78 Å². The van der Waals surface area contributed by atoms with Crippen molar-refractivity contribution in [3.8, 4) is 0 Å². The zero-order valence-corrected chi connectivity index (χ0v) is 10.9. The molecule has 0 aliphatic carbocycles. The van der Waals surface area contributed by atoms with Crippen LogP contribution in [-0.4, -0.2) is 20.9 Å². The van der Waals surface area contributed by atoms with Gasteiger partial charge in [0.2, 0.25) is 0 Å². The van der Waals surface area contributed by atoms with Gasteiger partial charge in [-0.15, -0.1) is 0 Å². The van der Waals surface area contributed by atoms with Crippen LogP contribution in [0.4, 0.5) is 0 Å². The number of aryl methyl sites for hydroxylation is 1. The highest BCUT2D eigenvalue weighted by atomic mass is 35.5. The molecule has 0 fully saturated rings. The van der Waals surface area contributed by atoms with E-state index in [1.54, 1.807) is 11.6 Å². The summed E-state index contributed by atoms with van der Waals surface area (Å²) in [4.78, 5) is 10.9. The topological polar surface area (TPSA) is 55.1 Å². The third-order valence-corrected chi connectivity index (χ3v) is 3.21. The van der Waals surface area contributed by atoms with Crippen LogP contribution >= 0.6 is 11.6 Å². The SMILES string of the molecule is Cc1ccc(Cn2ncc(C(=O)O)c2C)c(Cl)c1. The maximum Gasteiger partial charge on any atom is 0.339 e. The Morgan fingerprint density at radius 1 is 1.44 bits per heavy atom.